The number of aromatic nitrogens is 4. The summed E-state index contributed by atoms with van der Waals surface area (Å²) in [7, 11) is 0. The lowest BCUT2D eigenvalue weighted by Gasteiger charge is -2.13. The number of hydrogen-bond acceptors (Lipinski definition) is 5. The van der Waals surface area contributed by atoms with Crippen molar-refractivity contribution >= 4 is 27.8 Å². The van der Waals surface area contributed by atoms with Crippen LogP contribution in [0.1, 0.15) is 45.2 Å². The number of rotatable bonds is 8. The third-order valence-corrected chi connectivity index (χ3v) is 5.30. The quantitative estimate of drug-likeness (QED) is 0.298. The van der Waals surface area contributed by atoms with Gasteiger partial charge in [-0.05, 0) is 25.0 Å². The van der Waals surface area contributed by atoms with Gasteiger partial charge in [-0.1, -0.05) is 68.3 Å². The van der Waals surface area contributed by atoms with Crippen LogP contribution in [0.15, 0.2) is 54.7 Å². The van der Waals surface area contributed by atoms with Gasteiger partial charge in [0, 0.05) is 10.8 Å². The lowest BCUT2D eigenvalue weighted by Crippen LogP contribution is -2.17. The predicted octanol–water partition coefficient (Wildman–Crippen LogP) is 5.23. The topological polar surface area (TPSA) is 69.9 Å². The molecule has 0 aliphatic carbocycles. The molecule has 0 aliphatic heterocycles. The molecule has 0 aliphatic rings. The fraction of sp³-hybridized carbons (Fsp3) is 0.333. The van der Waals surface area contributed by atoms with Gasteiger partial charge >= 0.3 is 5.97 Å². The van der Waals surface area contributed by atoms with E-state index in [-0.39, 0.29) is 18.5 Å². The molecule has 2 aromatic carbocycles. The van der Waals surface area contributed by atoms with Gasteiger partial charge in [-0.15, -0.1) is 5.10 Å². The number of pyridine rings is 1. The minimum absolute atomic E-state index is 0.0388. The second-order valence-electron chi connectivity index (χ2n) is 7.53. The summed E-state index contributed by atoms with van der Waals surface area (Å²) in [5, 5.41) is 10.6. The Morgan fingerprint density at radius 2 is 1.57 bits per heavy atom. The zero-order valence-corrected chi connectivity index (χ0v) is 17.4. The fourth-order valence-electron chi connectivity index (χ4n) is 3.88. The van der Waals surface area contributed by atoms with Crippen LogP contribution in [0.3, 0.4) is 0 Å². The van der Waals surface area contributed by atoms with Gasteiger partial charge in [0.25, 0.3) is 0 Å². The molecule has 0 unspecified atom stereocenters. The van der Waals surface area contributed by atoms with Gasteiger partial charge in [-0.3, -0.25) is 4.79 Å². The van der Waals surface area contributed by atoms with Crippen LogP contribution in [-0.4, -0.2) is 25.9 Å². The molecule has 4 aromatic rings. The maximum absolute atomic E-state index is 12.4. The number of benzene rings is 2. The Hall–Kier alpha value is -3.28. The van der Waals surface area contributed by atoms with Crippen LogP contribution in [0.2, 0.25) is 0 Å². The molecule has 0 spiro atoms. The molecule has 0 atom stereocenters. The van der Waals surface area contributed by atoms with Crippen LogP contribution in [0, 0.1) is 5.92 Å². The fourth-order valence-corrected chi connectivity index (χ4v) is 3.88. The van der Waals surface area contributed by atoms with E-state index in [1.807, 2.05) is 54.7 Å². The van der Waals surface area contributed by atoms with Gasteiger partial charge in [-0.2, -0.15) is 0 Å². The van der Waals surface area contributed by atoms with E-state index in [2.05, 4.69) is 24.2 Å². The molecule has 30 heavy (non-hydrogen) atoms. The standard InChI is InChI=1S/C24H26N4O2/c1-3-9-17(10-4-2)24(29)30-16-18-15-28(27-26-18)23-19-11-5-7-13-21(19)25-22-14-8-6-12-20(22)23/h5-8,11-15,17H,3-4,9-10,16H2,1-2H3. The average molecular weight is 402 g/mol. The Balaban J connectivity index is 1.62. The van der Waals surface area contributed by atoms with E-state index in [1.54, 1.807) is 4.68 Å². The molecule has 0 fully saturated rings. The lowest BCUT2D eigenvalue weighted by molar-refractivity contribution is -0.150. The Morgan fingerprint density at radius 1 is 0.967 bits per heavy atom. The predicted molar refractivity (Wildman–Crippen MR) is 117 cm³/mol. The third kappa shape index (κ3) is 4.03. The molecule has 6 heteroatoms. The first kappa shape index (κ1) is 20.0. The number of para-hydroxylation sites is 2. The summed E-state index contributed by atoms with van der Waals surface area (Å²) in [6.07, 6.45) is 5.48. The first-order valence-electron chi connectivity index (χ1n) is 10.6. The zero-order valence-electron chi connectivity index (χ0n) is 17.4. The van der Waals surface area contributed by atoms with Crippen LogP contribution in [0.25, 0.3) is 27.5 Å². The largest absolute Gasteiger partial charge is 0.459 e. The highest BCUT2D eigenvalue weighted by molar-refractivity contribution is 6.02. The second-order valence-corrected chi connectivity index (χ2v) is 7.53. The molecule has 0 bridgehead atoms. The SMILES string of the molecule is CCCC(CCC)C(=O)OCc1cn(-c2c3ccccc3nc3ccccc23)nn1. The highest BCUT2D eigenvalue weighted by atomic mass is 16.5. The zero-order chi connectivity index (χ0) is 20.9. The lowest BCUT2D eigenvalue weighted by atomic mass is 9.99. The molecule has 2 aromatic heterocycles. The molecular formula is C24H26N4O2. The highest BCUT2D eigenvalue weighted by Crippen LogP contribution is 2.28. The number of hydrogen-bond donors (Lipinski definition) is 0. The number of carbonyl (C=O) groups excluding carboxylic acids is 1. The highest BCUT2D eigenvalue weighted by Gasteiger charge is 2.19. The number of ether oxygens (including phenoxy) is 1. The monoisotopic (exact) mass is 402 g/mol. The number of carbonyl (C=O) groups is 1. The van der Waals surface area contributed by atoms with Crippen molar-refractivity contribution < 1.29 is 9.53 Å². The van der Waals surface area contributed by atoms with Crippen molar-refractivity contribution in [2.45, 2.75) is 46.1 Å². The summed E-state index contributed by atoms with van der Waals surface area (Å²) < 4.78 is 7.31. The summed E-state index contributed by atoms with van der Waals surface area (Å²) in [4.78, 5) is 17.2. The van der Waals surface area contributed by atoms with Gasteiger partial charge in [-0.25, -0.2) is 9.67 Å². The second kappa shape index (κ2) is 9.03. The van der Waals surface area contributed by atoms with E-state index in [1.165, 1.54) is 0 Å². The van der Waals surface area contributed by atoms with Crippen molar-refractivity contribution in [3.63, 3.8) is 0 Å². The summed E-state index contributed by atoms with van der Waals surface area (Å²) >= 11 is 0. The molecule has 0 saturated carbocycles. The summed E-state index contributed by atoms with van der Waals surface area (Å²) in [6, 6.07) is 16.0. The summed E-state index contributed by atoms with van der Waals surface area (Å²) in [5.41, 5.74) is 3.35. The van der Waals surface area contributed by atoms with Crippen LogP contribution in [-0.2, 0) is 16.1 Å². The van der Waals surface area contributed by atoms with E-state index in [4.69, 9.17) is 9.72 Å². The minimum atomic E-state index is -0.145. The molecule has 0 saturated heterocycles. The van der Waals surface area contributed by atoms with Crippen molar-refractivity contribution in [3.05, 3.63) is 60.4 Å². The summed E-state index contributed by atoms with van der Waals surface area (Å²) in [5.74, 6) is -0.184. The number of fused-ring (bicyclic) bond motifs is 2. The molecule has 154 valence electrons. The molecular weight excluding hydrogens is 376 g/mol. The Morgan fingerprint density at radius 3 is 2.17 bits per heavy atom. The Kier molecular flexibility index (Phi) is 6.02. The van der Waals surface area contributed by atoms with Crippen molar-refractivity contribution in [3.8, 4) is 5.69 Å². The first-order chi connectivity index (χ1) is 14.7. The van der Waals surface area contributed by atoms with Crippen LogP contribution < -0.4 is 0 Å². The maximum Gasteiger partial charge on any atom is 0.309 e. The maximum atomic E-state index is 12.4. The van der Waals surface area contributed by atoms with E-state index in [9.17, 15) is 4.79 Å². The molecule has 4 rings (SSSR count). The van der Waals surface area contributed by atoms with Gasteiger partial charge in [0.1, 0.15) is 12.3 Å². The van der Waals surface area contributed by atoms with Crippen molar-refractivity contribution in [1.82, 2.24) is 20.0 Å². The first-order valence-corrected chi connectivity index (χ1v) is 10.6. The Labute approximate surface area is 175 Å². The van der Waals surface area contributed by atoms with E-state index in [0.717, 1.165) is 53.2 Å². The van der Waals surface area contributed by atoms with Gasteiger partial charge in [0.05, 0.1) is 28.8 Å². The van der Waals surface area contributed by atoms with Crippen molar-refractivity contribution in [2.24, 2.45) is 5.92 Å². The Bertz CT molecular complexity index is 1110. The van der Waals surface area contributed by atoms with E-state index in [0.29, 0.717) is 5.69 Å². The molecule has 6 nitrogen and oxygen atoms in total. The van der Waals surface area contributed by atoms with Crippen LogP contribution in [0.4, 0.5) is 0 Å². The van der Waals surface area contributed by atoms with Crippen LogP contribution >= 0.6 is 0 Å². The normalized spacial score (nSPS) is 11.4. The molecule has 0 N–H and O–H groups in total. The van der Waals surface area contributed by atoms with Gasteiger partial charge < -0.3 is 4.74 Å². The van der Waals surface area contributed by atoms with Crippen LogP contribution in [0.5, 0.6) is 0 Å². The smallest absolute Gasteiger partial charge is 0.309 e. The number of nitrogens with zero attached hydrogens (tertiary/aromatic N) is 4. The molecule has 0 radical (unpaired) electrons. The van der Waals surface area contributed by atoms with Crippen molar-refractivity contribution in [2.75, 3.05) is 0 Å². The van der Waals surface area contributed by atoms with E-state index < -0.39 is 0 Å². The molecule has 0 amide bonds. The number of esters is 1. The molecule has 2 heterocycles. The summed E-state index contributed by atoms with van der Waals surface area (Å²) in [6.45, 7) is 4.31. The van der Waals surface area contributed by atoms with Gasteiger partial charge in [0.15, 0.2) is 0 Å². The van der Waals surface area contributed by atoms with E-state index >= 15 is 0 Å². The third-order valence-electron chi connectivity index (χ3n) is 5.30. The van der Waals surface area contributed by atoms with Crippen molar-refractivity contribution in [1.29, 1.82) is 0 Å². The average Bonchev–Trinajstić information content (AvgIpc) is 3.24. The van der Waals surface area contributed by atoms with Gasteiger partial charge in [0.2, 0.25) is 0 Å². The minimum Gasteiger partial charge on any atom is -0.459 e.